The molecule has 0 aliphatic carbocycles. The van der Waals surface area contributed by atoms with E-state index in [0.717, 1.165) is 4.68 Å². The molecule has 4 rings (SSSR count). The van der Waals surface area contributed by atoms with Crippen molar-refractivity contribution in [1.82, 2.24) is 29.5 Å². The van der Waals surface area contributed by atoms with Gasteiger partial charge in [0, 0.05) is 11.8 Å². The zero-order valence-electron chi connectivity index (χ0n) is 15.5. The summed E-state index contributed by atoms with van der Waals surface area (Å²) >= 11 is 0. The average Bonchev–Trinajstić information content (AvgIpc) is 3.25. The van der Waals surface area contributed by atoms with Crippen molar-refractivity contribution in [3.63, 3.8) is 0 Å². The van der Waals surface area contributed by atoms with Gasteiger partial charge in [0.15, 0.2) is 11.5 Å². The van der Waals surface area contributed by atoms with E-state index >= 15 is 0 Å². The van der Waals surface area contributed by atoms with Crippen molar-refractivity contribution in [3.05, 3.63) is 64.5 Å². The number of rotatable bonds is 6. The normalized spacial score (nSPS) is 11.1. The first-order chi connectivity index (χ1) is 14.1. The number of nitrogens with one attached hydrogen (secondary N) is 1. The summed E-state index contributed by atoms with van der Waals surface area (Å²) in [7, 11) is 0. The lowest BCUT2D eigenvalue weighted by Crippen LogP contribution is -2.24. The second-order valence-corrected chi connectivity index (χ2v) is 6.21. The van der Waals surface area contributed by atoms with Crippen LogP contribution in [0.4, 0.5) is 4.39 Å². The summed E-state index contributed by atoms with van der Waals surface area (Å²) in [6, 6.07) is 9.92. The third-order valence-electron chi connectivity index (χ3n) is 4.27. The number of benzene rings is 1. The molecule has 29 heavy (non-hydrogen) atoms. The molecule has 9 nitrogen and oxygen atoms in total. The largest absolute Gasteiger partial charge is 0.465 e. The van der Waals surface area contributed by atoms with Crippen LogP contribution in [-0.4, -0.2) is 42.1 Å². The number of hydrogen-bond donors (Lipinski definition) is 1. The lowest BCUT2D eigenvalue weighted by atomic mass is 10.2. The number of pyridine rings is 1. The SMILES string of the molecule is CCOC(=O)Cn1nc(-c2nn(Cc3ccccc3F)c3ncccc23)[nH]c1=O. The molecule has 0 aliphatic rings. The molecule has 0 fully saturated rings. The number of hydrogen-bond acceptors (Lipinski definition) is 6. The molecule has 0 bridgehead atoms. The topological polar surface area (TPSA) is 108 Å². The molecule has 0 amide bonds. The quantitative estimate of drug-likeness (QED) is 0.498. The van der Waals surface area contributed by atoms with Crippen molar-refractivity contribution in [2.45, 2.75) is 20.0 Å². The highest BCUT2D eigenvalue weighted by molar-refractivity contribution is 5.89. The molecule has 3 heterocycles. The van der Waals surface area contributed by atoms with Gasteiger partial charge in [-0.2, -0.15) is 5.10 Å². The highest BCUT2D eigenvalue weighted by atomic mass is 19.1. The van der Waals surface area contributed by atoms with Crippen molar-refractivity contribution in [2.24, 2.45) is 0 Å². The van der Waals surface area contributed by atoms with Crippen LogP contribution in [0.15, 0.2) is 47.4 Å². The molecule has 0 unspecified atom stereocenters. The monoisotopic (exact) mass is 396 g/mol. The lowest BCUT2D eigenvalue weighted by Gasteiger charge is -2.04. The summed E-state index contributed by atoms with van der Waals surface area (Å²) in [5, 5.41) is 9.29. The van der Waals surface area contributed by atoms with Gasteiger partial charge < -0.3 is 4.74 Å². The number of aromatic nitrogens is 6. The third-order valence-corrected chi connectivity index (χ3v) is 4.27. The van der Waals surface area contributed by atoms with Crippen molar-refractivity contribution in [1.29, 1.82) is 0 Å². The Labute approximate surface area is 163 Å². The first-order valence-electron chi connectivity index (χ1n) is 8.95. The fourth-order valence-electron chi connectivity index (χ4n) is 2.98. The molecular formula is C19H17FN6O3. The van der Waals surface area contributed by atoms with Crippen LogP contribution in [0.1, 0.15) is 12.5 Å². The third kappa shape index (κ3) is 3.64. The van der Waals surface area contributed by atoms with Crippen molar-refractivity contribution >= 4 is 17.0 Å². The molecule has 148 valence electrons. The Morgan fingerprint density at radius 3 is 2.79 bits per heavy atom. The van der Waals surface area contributed by atoms with Gasteiger partial charge in [-0.1, -0.05) is 18.2 Å². The predicted octanol–water partition coefficient (Wildman–Crippen LogP) is 1.73. The first kappa shape index (κ1) is 18.5. The molecule has 0 spiro atoms. The van der Waals surface area contributed by atoms with E-state index in [1.807, 2.05) is 0 Å². The summed E-state index contributed by atoms with van der Waals surface area (Å²) in [4.78, 5) is 30.8. The molecule has 1 N–H and O–H groups in total. The molecule has 0 saturated heterocycles. The number of aromatic amines is 1. The van der Waals surface area contributed by atoms with E-state index in [-0.39, 0.29) is 31.3 Å². The highest BCUT2D eigenvalue weighted by Gasteiger charge is 2.19. The summed E-state index contributed by atoms with van der Waals surface area (Å²) in [5.74, 6) is -0.727. The number of carbonyl (C=O) groups is 1. The van der Waals surface area contributed by atoms with Crippen molar-refractivity contribution in [3.8, 4) is 11.5 Å². The zero-order valence-corrected chi connectivity index (χ0v) is 15.5. The van der Waals surface area contributed by atoms with Crippen LogP contribution in [-0.2, 0) is 22.6 Å². The molecular weight excluding hydrogens is 379 g/mol. The maximum atomic E-state index is 14.1. The molecule has 3 aromatic heterocycles. The fourth-order valence-corrected chi connectivity index (χ4v) is 2.98. The standard InChI is InChI=1S/C19H17FN6O3/c1-2-29-15(27)11-26-19(28)22-17(24-26)16-13-7-5-9-21-18(13)25(23-16)10-12-6-3-4-8-14(12)20/h3-9H,2,10-11H2,1H3,(H,22,24,28). The van der Waals surface area contributed by atoms with Gasteiger partial charge in [-0.3, -0.25) is 9.78 Å². The summed E-state index contributed by atoms with van der Waals surface area (Å²) in [6.07, 6.45) is 1.60. The van der Waals surface area contributed by atoms with E-state index in [4.69, 9.17) is 4.74 Å². The molecule has 0 radical (unpaired) electrons. The molecule has 4 aromatic rings. The number of esters is 1. The van der Waals surface area contributed by atoms with Gasteiger partial charge >= 0.3 is 11.7 Å². The predicted molar refractivity (Wildman–Crippen MR) is 102 cm³/mol. The summed E-state index contributed by atoms with van der Waals surface area (Å²) in [5.41, 5.74) is 0.792. The molecule has 0 atom stereocenters. The Balaban J connectivity index is 1.75. The number of H-pyrrole nitrogens is 1. The van der Waals surface area contributed by atoms with Gasteiger partial charge in [0.2, 0.25) is 0 Å². The number of fused-ring (bicyclic) bond motifs is 1. The minimum Gasteiger partial charge on any atom is -0.465 e. The smallest absolute Gasteiger partial charge is 0.344 e. The van der Waals surface area contributed by atoms with Crippen LogP contribution >= 0.6 is 0 Å². The maximum Gasteiger partial charge on any atom is 0.344 e. The second kappa shape index (κ2) is 7.66. The number of ether oxygens (including phenoxy) is 1. The molecule has 1 aromatic carbocycles. The Morgan fingerprint density at radius 1 is 1.17 bits per heavy atom. The number of nitrogens with zero attached hydrogens (tertiary/aromatic N) is 5. The molecule has 10 heteroatoms. The zero-order chi connectivity index (χ0) is 20.4. The number of halogens is 1. The van der Waals surface area contributed by atoms with Crippen LogP contribution in [0.5, 0.6) is 0 Å². The van der Waals surface area contributed by atoms with E-state index in [9.17, 15) is 14.0 Å². The van der Waals surface area contributed by atoms with Gasteiger partial charge in [-0.05, 0) is 25.1 Å². The van der Waals surface area contributed by atoms with Gasteiger partial charge in [0.1, 0.15) is 18.1 Å². The van der Waals surface area contributed by atoms with Gasteiger partial charge in [0.25, 0.3) is 0 Å². The van der Waals surface area contributed by atoms with E-state index < -0.39 is 11.7 Å². The second-order valence-electron chi connectivity index (χ2n) is 6.21. The highest BCUT2D eigenvalue weighted by Crippen LogP contribution is 2.24. The Kier molecular flexibility index (Phi) is 4.90. The lowest BCUT2D eigenvalue weighted by molar-refractivity contribution is -0.144. The average molecular weight is 396 g/mol. The van der Waals surface area contributed by atoms with E-state index in [2.05, 4.69) is 20.2 Å². The van der Waals surface area contributed by atoms with Gasteiger partial charge in [-0.15, -0.1) is 5.10 Å². The maximum absolute atomic E-state index is 14.1. The van der Waals surface area contributed by atoms with Gasteiger partial charge in [-0.25, -0.2) is 23.5 Å². The Bertz CT molecular complexity index is 1240. The molecule has 0 aliphatic heterocycles. The Hall–Kier alpha value is -3.82. The van der Waals surface area contributed by atoms with Gasteiger partial charge in [0.05, 0.1) is 18.5 Å². The van der Waals surface area contributed by atoms with Crippen molar-refractivity contribution < 1.29 is 13.9 Å². The van der Waals surface area contributed by atoms with Crippen LogP contribution in [0.25, 0.3) is 22.6 Å². The van der Waals surface area contributed by atoms with Crippen molar-refractivity contribution in [2.75, 3.05) is 6.61 Å². The van der Waals surface area contributed by atoms with Crippen LogP contribution in [0.3, 0.4) is 0 Å². The summed E-state index contributed by atoms with van der Waals surface area (Å²) in [6.45, 7) is 1.74. The van der Waals surface area contributed by atoms with Crippen LogP contribution in [0.2, 0.25) is 0 Å². The van der Waals surface area contributed by atoms with Crippen LogP contribution in [0, 0.1) is 5.82 Å². The van der Waals surface area contributed by atoms with E-state index in [1.165, 1.54) is 6.07 Å². The van der Waals surface area contributed by atoms with E-state index in [1.54, 1.807) is 48.1 Å². The summed E-state index contributed by atoms with van der Waals surface area (Å²) < 4.78 is 21.5. The minimum atomic E-state index is -0.566. The van der Waals surface area contributed by atoms with Crippen LogP contribution < -0.4 is 5.69 Å². The van der Waals surface area contributed by atoms with E-state index in [0.29, 0.717) is 22.3 Å². The fraction of sp³-hybridized carbons (Fsp3) is 0.211. The Morgan fingerprint density at radius 2 is 2.00 bits per heavy atom. The first-order valence-corrected chi connectivity index (χ1v) is 8.95. The number of carbonyl (C=O) groups excluding carboxylic acids is 1. The molecule has 0 saturated carbocycles. The minimum absolute atomic E-state index is 0.161.